The van der Waals surface area contributed by atoms with Crippen LogP contribution >= 0.6 is 0 Å². The van der Waals surface area contributed by atoms with Crippen LogP contribution in [0, 0.1) is 5.82 Å². The van der Waals surface area contributed by atoms with Gasteiger partial charge in [0.25, 0.3) is 5.91 Å². The number of halogens is 1. The Balaban J connectivity index is 1.69. The molecule has 2 amide bonds. The van der Waals surface area contributed by atoms with Crippen LogP contribution in [0.3, 0.4) is 0 Å². The summed E-state index contributed by atoms with van der Waals surface area (Å²) in [6, 6.07) is 5.43. The highest BCUT2D eigenvalue weighted by molar-refractivity contribution is 5.94. The number of rotatable bonds is 5. The molecule has 0 aliphatic carbocycles. The first-order valence-corrected chi connectivity index (χ1v) is 6.48. The summed E-state index contributed by atoms with van der Waals surface area (Å²) in [6.07, 6.45) is 2.31. The smallest absolute Gasteiger partial charge is 0.251 e. The maximum Gasteiger partial charge on any atom is 0.251 e. The lowest BCUT2D eigenvalue weighted by Crippen LogP contribution is -2.30. The quantitative estimate of drug-likeness (QED) is 0.821. The molecule has 0 saturated carbocycles. The van der Waals surface area contributed by atoms with Crippen molar-refractivity contribution < 1.29 is 14.0 Å². The van der Waals surface area contributed by atoms with Crippen LogP contribution in [0.4, 0.5) is 4.39 Å². The third kappa shape index (κ3) is 3.77. The molecule has 102 valence electrons. The Bertz CT molecular complexity index is 459. The molecule has 1 saturated heterocycles. The van der Waals surface area contributed by atoms with E-state index in [9.17, 15) is 14.0 Å². The molecule has 1 N–H and O–H groups in total. The minimum Gasteiger partial charge on any atom is -0.352 e. The molecule has 0 bridgehead atoms. The summed E-state index contributed by atoms with van der Waals surface area (Å²) in [6.45, 7) is 2.02. The average molecular weight is 264 g/mol. The predicted molar refractivity (Wildman–Crippen MR) is 69.2 cm³/mol. The van der Waals surface area contributed by atoms with Gasteiger partial charge in [-0.25, -0.2) is 4.39 Å². The molecule has 1 aliphatic rings. The molecule has 0 radical (unpaired) electrons. The van der Waals surface area contributed by atoms with E-state index in [1.54, 1.807) is 0 Å². The van der Waals surface area contributed by atoms with Gasteiger partial charge in [-0.3, -0.25) is 9.59 Å². The molecular formula is C14H17FN2O2. The number of carbonyl (C=O) groups is 2. The Hall–Kier alpha value is -1.91. The number of likely N-dealkylation sites (tertiary alicyclic amines) is 1. The van der Waals surface area contributed by atoms with Crippen molar-refractivity contribution in [3.63, 3.8) is 0 Å². The van der Waals surface area contributed by atoms with Crippen LogP contribution in [-0.2, 0) is 4.79 Å². The van der Waals surface area contributed by atoms with Gasteiger partial charge in [0.1, 0.15) is 5.82 Å². The number of carbonyl (C=O) groups excluding carboxylic acids is 2. The molecule has 0 aromatic heterocycles. The van der Waals surface area contributed by atoms with Gasteiger partial charge in [-0.05, 0) is 37.1 Å². The van der Waals surface area contributed by atoms with Crippen LogP contribution in [0.2, 0.25) is 0 Å². The third-order valence-electron chi connectivity index (χ3n) is 3.17. The first-order valence-electron chi connectivity index (χ1n) is 6.48. The third-order valence-corrected chi connectivity index (χ3v) is 3.17. The van der Waals surface area contributed by atoms with Crippen LogP contribution in [0.1, 0.15) is 29.6 Å². The van der Waals surface area contributed by atoms with E-state index in [4.69, 9.17) is 0 Å². The van der Waals surface area contributed by atoms with Gasteiger partial charge in [0.2, 0.25) is 5.91 Å². The van der Waals surface area contributed by atoms with E-state index in [0.29, 0.717) is 25.1 Å². The van der Waals surface area contributed by atoms with E-state index in [1.807, 2.05) is 4.90 Å². The average Bonchev–Trinajstić information content (AvgIpc) is 2.81. The predicted octanol–water partition coefficient (Wildman–Crippen LogP) is 1.57. The van der Waals surface area contributed by atoms with Gasteiger partial charge in [-0.1, -0.05) is 0 Å². The number of hydrogen-bond acceptors (Lipinski definition) is 2. The Kier molecular flexibility index (Phi) is 4.49. The Labute approximate surface area is 111 Å². The highest BCUT2D eigenvalue weighted by Crippen LogP contribution is 2.09. The molecule has 0 atom stereocenters. The first kappa shape index (κ1) is 13.5. The summed E-state index contributed by atoms with van der Waals surface area (Å²) in [5, 5.41) is 2.76. The lowest BCUT2D eigenvalue weighted by atomic mass is 10.2. The van der Waals surface area contributed by atoms with Gasteiger partial charge in [0.15, 0.2) is 0 Å². The van der Waals surface area contributed by atoms with Crippen LogP contribution in [0.15, 0.2) is 24.3 Å². The lowest BCUT2D eigenvalue weighted by Gasteiger charge is -2.15. The zero-order valence-corrected chi connectivity index (χ0v) is 10.7. The fourth-order valence-electron chi connectivity index (χ4n) is 2.12. The number of nitrogens with one attached hydrogen (secondary N) is 1. The monoisotopic (exact) mass is 264 g/mol. The molecule has 0 unspecified atom stereocenters. The van der Waals surface area contributed by atoms with Crippen molar-refractivity contribution in [2.45, 2.75) is 19.3 Å². The Morgan fingerprint density at radius 3 is 2.68 bits per heavy atom. The molecule has 1 aromatic rings. The molecule has 1 heterocycles. The van der Waals surface area contributed by atoms with Crippen molar-refractivity contribution in [2.24, 2.45) is 0 Å². The van der Waals surface area contributed by atoms with Crippen LogP contribution in [-0.4, -0.2) is 36.3 Å². The van der Waals surface area contributed by atoms with Crippen molar-refractivity contribution in [1.29, 1.82) is 0 Å². The fourth-order valence-corrected chi connectivity index (χ4v) is 2.12. The minimum atomic E-state index is -0.357. The largest absolute Gasteiger partial charge is 0.352 e. The number of amides is 2. The molecule has 1 aromatic carbocycles. The van der Waals surface area contributed by atoms with E-state index in [0.717, 1.165) is 19.4 Å². The van der Waals surface area contributed by atoms with Crippen molar-refractivity contribution in [3.05, 3.63) is 35.6 Å². The Morgan fingerprint density at radius 2 is 2.05 bits per heavy atom. The number of nitrogens with zero attached hydrogens (tertiary/aromatic N) is 1. The normalized spacial score (nSPS) is 14.8. The Morgan fingerprint density at radius 1 is 1.32 bits per heavy atom. The minimum absolute atomic E-state index is 0.199. The van der Waals surface area contributed by atoms with E-state index in [1.165, 1.54) is 24.3 Å². The molecule has 1 aliphatic heterocycles. The van der Waals surface area contributed by atoms with E-state index in [2.05, 4.69) is 5.32 Å². The number of hydrogen-bond donors (Lipinski definition) is 1. The summed E-state index contributed by atoms with van der Waals surface area (Å²) in [5.74, 6) is -0.373. The highest BCUT2D eigenvalue weighted by Gasteiger charge is 2.19. The van der Waals surface area contributed by atoms with Gasteiger partial charge in [0.05, 0.1) is 0 Å². The summed E-state index contributed by atoms with van der Waals surface area (Å²) in [5.41, 5.74) is 0.443. The zero-order chi connectivity index (χ0) is 13.7. The maximum absolute atomic E-state index is 12.7. The van der Waals surface area contributed by atoms with Crippen molar-refractivity contribution in [1.82, 2.24) is 10.2 Å². The van der Waals surface area contributed by atoms with Gasteiger partial charge in [-0.2, -0.15) is 0 Å². The molecule has 19 heavy (non-hydrogen) atoms. The summed E-state index contributed by atoms with van der Waals surface area (Å²) < 4.78 is 12.7. The van der Waals surface area contributed by atoms with E-state index in [-0.39, 0.29) is 17.6 Å². The van der Waals surface area contributed by atoms with Gasteiger partial charge in [0, 0.05) is 31.6 Å². The van der Waals surface area contributed by atoms with Gasteiger partial charge < -0.3 is 10.2 Å². The van der Waals surface area contributed by atoms with E-state index < -0.39 is 0 Å². The van der Waals surface area contributed by atoms with Crippen molar-refractivity contribution in [3.8, 4) is 0 Å². The second-order valence-electron chi connectivity index (χ2n) is 4.60. The fraction of sp³-hybridized carbons (Fsp3) is 0.429. The summed E-state index contributed by atoms with van der Waals surface area (Å²) in [4.78, 5) is 24.9. The summed E-state index contributed by atoms with van der Waals surface area (Å²) in [7, 11) is 0. The molecule has 1 fully saturated rings. The van der Waals surface area contributed by atoms with Gasteiger partial charge >= 0.3 is 0 Å². The SMILES string of the molecule is O=C(NCCCN1CCCC1=O)c1ccc(F)cc1. The molecule has 5 heteroatoms. The molecule has 0 spiro atoms. The lowest BCUT2D eigenvalue weighted by molar-refractivity contribution is -0.127. The zero-order valence-electron chi connectivity index (χ0n) is 10.7. The second kappa shape index (κ2) is 6.31. The molecule has 4 nitrogen and oxygen atoms in total. The topological polar surface area (TPSA) is 49.4 Å². The van der Waals surface area contributed by atoms with Crippen LogP contribution in [0.25, 0.3) is 0 Å². The highest BCUT2D eigenvalue weighted by atomic mass is 19.1. The van der Waals surface area contributed by atoms with Gasteiger partial charge in [-0.15, -0.1) is 0 Å². The van der Waals surface area contributed by atoms with E-state index >= 15 is 0 Å². The maximum atomic E-state index is 12.7. The van der Waals surface area contributed by atoms with Crippen LogP contribution in [0.5, 0.6) is 0 Å². The van der Waals surface area contributed by atoms with Crippen LogP contribution < -0.4 is 5.32 Å². The van der Waals surface area contributed by atoms with Crippen molar-refractivity contribution in [2.75, 3.05) is 19.6 Å². The van der Waals surface area contributed by atoms with Crippen molar-refractivity contribution >= 4 is 11.8 Å². The first-order chi connectivity index (χ1) is 9.16. The molecule has 2 rings (SSSR count). The standard InChI is InChI=1S/C14H17FN2O2/c15-12-6-4-11(5-7-12)14(19)16-8-2-10-17-9-1-3-13(17)18/h4-7H,1-3,8-10H2,(H,16,19). The number of benzene rings is 1. The second-order valence-corrected chi connectivity index (χ2v) is 4.60. The molecular weight excluding hydrogens is 247 g/mol. The summed E-state index contributed by atoms with van der Waals surface area (Å²) >= 11 is 0.